The van der Waals surface area contributed by atoms with E-state index in [0.717, 1.165) is 53.1 Å². The lowest BCUT2D eigenvalue weighted by molar-refractivity contribution is 0.437. The van der Waals surface area contributed by atoms with Gasteiger partial charge in [-0.2, -0.15) is 0 Å². The Morgan fingerprint density at radius 2 is 1.88 bits per heavy atom. The van der Waals surface area contributed by atoms with Crippen LogP contribution in [0.2, 0.25) is 0 Å². The SMILES string of the molecule is O=c1c2c3c(sc2ncn1CCCc1ccncc1)C[C@@H](NCc1cc(F)c(F)c(F)c1)CC3. The summed E-state index contributed by atoms with van der Waals surface area (Å²) < 4.78 is 41.8. The van der Waals surface area contributed by atoms with Crippen LogP contribution in [0.5, 0.6) is 0 Å². The Balaban J connectivity index is 1.27. The molecule has 9 heteroatoms. The van der Waals surface area contributed by atoms with Gasteiger partial charge in [0.15, 0.2) is 17.5 Å². The number of nitrogens with one attached hydrogen (secondary N) is 1. The molecule has 1 aliphatic carbocycles. The first-order chi connectivity index (χ1) is 16.5. The average Bonchev–Trinajstić information content (AvgIpc) is 3.21. The van der Waals surface area contributed by atoms with Gasteiger partial charge in [0.25, 0.3) is 5.56 Å². The van der Waals surface area contributed by atoms with Gasteiger partial charge in [0, 0.05) is 36.4 Å². The largest absolute Gasteiger partial charge is 0.310 e. The standard InChI is InChI=1S/C25H23F3N4OS/c26-19-10-16(11-20(27)23(19)28)13-30-17-3-4-18-21(12-17)34-24-22(18)25(33)32(14-31-24)9-1-2-15-5-7-29-8-6-15/h5-8,10-11,14,17,30H,1-4,9,12-13H2/t17-/m0/s1. The maximum Gasteiger partial charge on any atom is 0.262 e. The van der Waals surface area contributed by atoms with Crippen LogP contribution in [-0.4, -0.2) is 20.6 Å². The first kappa shape index (κ1) is 22.7. The zero-order valence-electron chi connectivity index (χ0n) is 18.4. The minimum Gasteiger partial charge on any atom is -0.310 e. The van der Waals surface area contributed by atoms with E-state index in [1.165, 1.54) is 16.9 Å². The summed E-state index contributed by atoms with van der Waals surface area (Å²) in [6, 6.07) is 6.08. The fraction of sp³-hybridized carbons (Fsp3) is 0.320. The predicted molar refractivity (Wildman–Crippen MR) is 125 cm³/mol. The van der Waals surface area contributed by atoms with Crippen LogP contribution < -0.4 is 10.9 Å². The Bertz CT molecular complexity index is 1360. The summed E-state index contributed by atoms with van der Waals surface area (Å²) >= 11 is 1.53. The van der Waals surface area contributed by atoms with Crippen molar-refractivity contribution in [3.63, 3.8) is 0 Å². The molecule has 1 N–H and O–H groups in total. The summed E-state index contributed by atoms with van der Waals surface area (Å²) in [6.07, 6.45) is 9.11. The highest BCUT2D eigenvalue weighted by Crippen LogP contribution is 2.33. The molecule has 0 fully saturated rings. The molecule has 1 aromatic carbocycles. The van der Waals surface area contributed by atoms with Crippen molar-refractivity contribution in [3.05, 3.63) is 92.4 Å². The van der Waals surface area contributed by atoms with Gasteiger partial charge in [-0.25, -0.2) is 18.2 Å². The summed E-state index contributed by atoms with van der Waals surface area (Å²) in [5.41, 5.74) is 2.61. The lowest BCUT2D eigenvalue weighted by Gasteiger charge is -2.23. The van der Waals surface area contributed by atoms with Crippen molar-refractivity contribution in [3.8, 4) is 0 Å². The molecule has 1 aliphatic rings. The van der Waals surface area contributed by atoms with Crippen molar-refractivity contribution >= 4 is 21.6 Å². The average molecular weight is 485 g/mol. The first-order valence-electron chi connectivity index (χ1n) is 11.2. The molecule has 0 saturated carbocycles. The lowest BCUT2D eigenvalue weighted by atomic mass is 9.93. The molecule has 0 unspecified atom stereocenters. The van der Waals surface area contributed by atoms with Gasteiger partial charge in [0.1, 0.15) is 4.83 Å². The van der Waals surface area contributed by atoms with Crippen LogP contribution in [-0.2, 0) is 32.4 Å². The molecule has 5 nitrogen and oxygen atoms in total. The van der Waals surface area contributed by atoms with E-state index in [1.807, 2.05) is 12.1 Å². The minimum absolute atomic E-state index is 0.000833. The van der Waals surface area contributed by atoms with E-state index in [-0.39, 0.29) is 18.1 Å². The van der Waals surface area contributed by atoms with E-state index < -0.39 is 17.5 Å². The highest BCUT2D eigenvalue weighted by molar-refractivity contribution is 7.18. The van der Waals surface area contributed by atoms with Crippen LogP contribution in [0.25, 0.3) is 10.2 Å². The van der Waals surface area contributed by atoms with E-state index in [1.54, 1.807) is 23.3 Å². The van der Waals surface area contributed by atoms with Crippen LogP contribution >= 0.6 is 11.3 Å². The molecule has 0 radical (unpaired) electrons. The number of benzene rings is 1. The number of nitrogens with zero attached hydrogens (tertiary/aromatic N) is 3. The number of rotatable bonds is 7. The topological polar surface area (TPSA) is 59.8 Å². The number of thiophene rings is 1. The molecule has 176 valence electrons. The Kier molecular flexibility index (Phi) is 6.47. The monoisotopic (exact) mass is 484 g/mol. The number of pyridine rings is 1. The highest BCUT2D eigenvalue weighted by atomic mass is 32.1. The third kappa shape index (κ3) is 4.63. The van der Waals surface area contributed by atoms with Gasteiger partial charge in [-0.05, 0) is 73.1 Å². The van der Waals surface area contributed by atoms with E-state index in [2.05, 4.69) is 15.3 Å². The van der Waals surface area contributed by atoms with E-state index in [4.69, 9.17) is 0 Å². The van der Waals surface area contributed by atoms with Crippen molar-refractivity contribution in [1.82, 2.24) is 19.9 Å². The maximum atomic E-state index is 13.5. The van der Waals surface area contributed by atoms with Gasteiger partial charge in [-0.1, -0.05) is 0 Å². The number of aromatic nitrogens is 3. The van der Waals surface area contributed by atoms with Crippen LogP contribution in [0.4, 0.5) is 13.2 Å². The van der Waals surface area contributed by atoms with Gasteiger partial charge in [-0.3, -0.25) is 14.3 Å². The molecule has 0 saturated heterocycles. The molecule has 0 spiro atoms. The smallest absolute Gasteiger partial charge is 0.262 e. The molecule has 0 amide bonds. The number of hydrogen-bond donors (Lipinski definition) is 1. The van der Waals surface area contributed by atoms with E-state index in [0.29, 0.717) is 23.9 Å². The number of hydrogen-bond acceptors (Lipinski definition) is 5. The summed E-state index contributed by atoms with van der Waals surface area (Å²) in [6.45, 7) is 0.839. The molecule has 0 bridgehead atoms. The molecule has 5 rings (SSSR count). The molecular weight excluding hydrogens is 461 g/mol. The Hall–Kier alpha value is -3.04. The summed E-state index contributed by atoms with van der Waals surface area (Å²) in [5, 5.41) is 4.02. The van der Waals surface area contributed by atoms with Gasteiger partial charge in [0.2, 0.25) is 0 Å². The van der Waals surface area contributed by atoms with E-state index >= 15 is 0 Å². The summed E-state index contributed by atoms with van der Waals surface area (Å²) in [5.74, 6) is -3.82. The lowest BCUT2D eigenvalue weighted by Crippen LogP contribution is -2.34. The first-order valence-corrected chi connectivity index (χ1v) is 12.1. The third-order valence-electron chi connectivity index (χ3n) is 6.29. The van der Waals surface area contributed by atoms with Crippen molar-refractivity contribution in [2.75, 3.05) is 0 Å². The minimum atomic E-state index is -1.45. The Labute approximate surface area is 198 Å². The maximum absolute atomic E-state index is 13.5. The molecule has 4 aromatic rings. The Morgan fingerprint density at radius 1 is 1.12 bits per heavy atom. The number of fused-ring (bicyclic) bond motifs is 3. The second-order valence-corrected chi connectivity index (χ2v) is 9.66. The van der Waals surface area contributed by atoms with Crippen molar-refractivity contribution in [2.45, 2.75) is 51.2 Å². The number of aryl methyl sites for hydroxylation is 3. The highest BCUT2D eigenvalue weighted by Gasteiger charge is 2.25. The van der Waals surface area contributed by atoms with Crippen molar-refractivity contribution < 1.29 is 13.2 Å². The molecule has 3 aromatic heterocycles. The molecule has 3 heterocycles. The zero-order valence-corrected chi connectivity index (χ0v) is 19.2. The Morgan fingerprint density at radius 3 is 2.65 bits per heavy atom. The van der Waals surface area contributed by atoms with Gasteiger partial charge < -0.3 is 5.32 Å². The van der Waals surface area contributed by atoms with Gasteiger partial charge >= 0.3 is 0 Å². The van der Waals surface area contributed by atoms with Crippen molar-refractivity contribution in [1.29, 1.82) is 0 Å². The van der Waals surface area contributed by atoms with Crippen molar-refractivity contribution in [2.24, 2.45) is 0 Å². The summed E-state index contributed by atoms with van der Waals surface area (Å²) in [7, 11) is 0. The summed E-state index contributed by atoms with van der Waals surface area (Å²) in [4.78, 5) is 23.6. The second-order valence-electron chi connectivity index (χ2n) is 8.58. The fourth-order valence-corrected chi connectivity index (χ4v) is 5.77. The quantitative estimate of drug-likeness (QED) is 0.391. The second kappa shape index (κ2) is 9.68. The molecule has 34 heavy (non-hydrogen) atoms. The zero-order chi connectivity index (χ0) is 23.7. The predicted octanol–water partition coefficient (Wildman–Crippen LogP) is 4.55. The third-order valence-corrected chi connectivity index (χ3v) is 7.45. The van der Waals surface area contributed by atoms with Crippen LogP contribution in [0.15, 0.2) is 47.8 Å². The molecular formula is C25H23F3N4OS. The normalized spacial score (nSPS) is 15.6. The molecule has 1 atom stereocenters. The van der Waals surface area contributed by atoms with Crippen LogP contribution in [0, 0.1) is 17.5 Å². The molecule has 0 aliphatic heterocycles. The van der Waals surface area contributed by atoms with Crippen LogP contribution in [0.1, 0.15) is 34.4 Å². The van der Waals surface area contributed by atoms with E-state index in [9.17, 15) is 18.0 Å². The fourth-order valence-electron chi connectivity index (χ4n) is 4.51. The van der Waals surface area contributed by atoms with Crippen LogP contribution in [0.3, 0.4) is 0 Å². The van der Waals surface area contributed by atoms with Gasteiger partial charge in [0.05, 0.1) is 11.7 Å². The van der Waals surface area contributed by atoms with Gasteiger partial charge in [-0.15, -0.1) is 11.3 Å². The number of halogens is 3.